The molecule has 1 amide bonds. The Morgan fingerprint density at radius 2 is 2.12 bits per heavy atom. The lowest BCUT2D eigenvalue weighted by molar-refractivity contribution is -0.155. The van der Waals surface area contributed by atoms with E-state index in [1.807, 2.05) is 19.1 Å². The van der Waals surface area contributed by atoms with E-state index in [2.05, 4.69) is 0 Å². The van der Waals surface area contributed by atoms with Crippen LogP contribution in [-0.4, -0.2) is 42.1 Å². The number of benzene rings is 1. The van der Waals surface area contributed by atoms with Gasteiger partial charge in [0.25, 0.3) is 5.91 Å². The first-order valence-electron chi connectivity index (χ1n) is 8.81. The summed E-state index contributed by atoms with van der Waals surface area (Å²) in [6.07, 6.45) is 4.33. The van der Waals surface area contributed by atoms with Crippen LogP contribution < -0.4 is 4.74 Å². The second kappa shape index (κ2) is 6.83. The minimum Gasteiger partial charge on any atom is -0.493 e. The highest BCUT2D eigenvalue weighted by Gasteiger charge is 2.44. The molecule has 0 bridgehead atoms. The lowest BCUT2D eigenvalue weighted by atomic mass is 9.93. The molecule has 0 N–H and O–H groups in total. The Labute approximate surface area is 142 Å². The topological polar surface area (TPSA) is 55.8 Å². The van der Waals surface area contributed by atoms with Crippen LogP contribution in [0.15, 0.2) is 18.2 Å². The third-order valence-electron chi connectivity index (χ3n) is 5.04. The highest BCUT2D eigenvalue weighted by Crippen LogP contribution is 2.32. The average Bonchev–Trinajstić information content (AvgIpc) is 2.96. The maximum atomic E-state index is 13.2. The maximum absolute atomic E-state index is 13.2. The molecule has 5 heteroatoms. The van der Waals surface area contributed by atoms with E-state index in [1.165, 1.54) is 0 Å². The van der Waals surface area contributed by atoms with Crippen LogP contribution in [0.4, 0.5) is 0 Å². The molecule has 0 spiro atoms. The van der Waals surface area contributed by atoms with Gasteiger partial charge in [0.05, 0.1) is 13.2 Å². The first-order chi connectivity index (χ1) is 11.6. The monoisotopic (exact) mass is 331 g/mol. The number of carbonyl (C=O) groups excluding carboxylic acids is 2. The van der Waals surface area contributed by atoms with Gasteiger partial charge in [-0.15, -0.1) is 0 Å². The zero-order chi connectivity index (χ0) is 17.2. The molecule has 0 aliphatic carbocycles. The number of amides is 1. The van der Waals surface area contributed by atoms with Crippen LogP contribution in [0.2, 0.25) is 0 Å². The number of esters is 1. The predicted molar refractivity (Wildman–Crippen MR) is 90.2 cm³/mol. The van der Waals surface area contributed by atoms with E-state index in [4.69, 9.17) is 9.47 Å². The van der Waals surface area contributed by atoms with Crippen molar-refractivity contribution < 1.29 is 19.1 Å². The van der Waals surface area contributed by atoms with E-state index in [0.29, 0.717) is 31.7 Å². The Balaban J connectivity index is 1.91. The SMILES string of the molecule is CCOC(=O)C1(C)CCCCCN1C(=O)c1ccc2c(c1)CCO2. The van der Waals surface area contributed by atoms with Crippen LogP contribution in [0.1, 0.15) is 55.5 Å². The Morgan fingerprint density at radius 3 is 2.92 bits per heavy atom. The molecule has 0 aromatic heterocycles. The summed E-state index contributed by atoms with van der Waals surface area (Å²) in [5.41, 5.74) is 0.796. The second-order valence-corrected chi connectivity index (χ2v) is 6.68. The van der Waals surface area contributed by atoms with Crippen molar-refractivity contribution in [1.82, 2.24) is 4.90 Å². The smallest absolute Gasteiger partial charge is 0.331 e. The van der Waals surface area contributed by atoms with Crippen LogP contribution in [0, 0.1) is 0 Å². The third kappa shape index (κ3) is 2.99. The predicted octanol–water partition coefficient (Wildman–Crippen LogP) is 2.96. The highest BCUT2D eigenvalue weighted by atomic mass is 16.5. The Morgan fingerprint density at radius 1 is 1.29 bits per heavy atom. The first-order valence-corrected chi connectivity index (χ1v) is 8.81. The minimum absolute atomic E-state index is 0.0952. The molecule has 2 aliphatic rings. The Bertz CT molecular complexity index is 642. The van der Waals surface area contributed by atoms with Gasteiger partial charge in [-0.25, -0.2) is 4.79 Å². The molecule has 24 heavy (non-hydrogen) atoms. The molecule has 2 heterocycles. The van der Waals surface area contributed by atoms with Crippen LogP contribution >= 0.6 is 0 Å². The fourth-order valence-electron chi connectivity index (χ4n) is 3.60. The summed E-state index contributed by atoms with van der Waals surface area (Å²) in [6.45, 7) is 5.21. The standard InChI is InChI=1S/C19H25NO4/c1-3-23-18(22)19(2)10-5-4-6-11-20(19)17(21)15-7-8-16-14(13-15)9-12-24-16/h7-8,13H,3-6,9-12H2,1-2H3. The van der Waals surface area contributed by atoms with E-state index in [-0.39, 0.29) is 11.9 Å². The summed E-state index contributed by atoms with van der Waals surface area (Å²) in [6, 6.07) is 5.55. The molecule has 0 saturated carbocycles. The summed E-state index contributed by atoms with van der Waals surface area (Å²) in [5, 5.41) is 0. The molecule has 3 rings (SSSR count). The number of fused-ring (bicyclic) bond motifs is 1. The minimum atomic E-state index is -0.890. The summed E-state index contributed by atoms with van der Waals surface area (Å²) in [4.78, 5) is 27.4. The van der Waals surface area contributed by atoms with E-state index in [0.717, 1.165) is 37.0 Å². The lowest BCUT2D eigenvalue weighted by Crippen LogP contribution is -2.55. The van der Waals surface area contributed by atoms with Crippen LogP contribution in [0.5, 0.6) is 5.75 Å². The third-order valence-corrected chi connectivity index (χ3v) is 5.04. The Hall–Kier alpha value is -2.04. The van der Waals surface area contributed by atoms with Gasteiger partial charge in [0.1, 0.15) is 11.3 Å². The van der Waals surface area contributed by atoms with E-state index in [9.17, 15) is 9.59 Å². The van der Waals surface area contributed by atoms with E-state index >= 15 is 0 Å². The van der Waals surface area contributed by atoms with Gasteiger partial charge in [-0.2, -0.15) is 0 Å². The normalized spacial score (nSPS) is 23.2. The molecule has 130 valence electrons. The van der Waals surface area contributed by atoms with Crippen molar-refractivity contribution in [2.24, 2.45) is 0 Å². The number of hydrogen-bond donors (Lipinski definition) is 0. The molecule has 1 aromatic carbocycles. The van der Waals surface area contributed by atoms with E-state index < -0.39 is 5.54 Å². The molecule has 2 aliphatic heterocycles. The molecule has 1 aromatic rings. The van der Waals surface area contributed by atoms with Crippen molar-refractivity contribution in [2.45, 2.75) is 51.5 Å². The number of rotatable bonds is 3. The highest BCUT2D eigenvalue weighted by molar-refractivity contribution is 5.98. The van der Waals surface area contributed by atoms with Crippen molar-refractivity contribution >= 4 is 11.9 Å². The Kier molecular flexibility index (Phi) is 4.78. The van der Waals surface area contributed by atoms with Crippen molar-refractivity contribution in [3.63, 3.8) is 0 Å². The number of carbonyl (C=O) groups is 2. The van der Waals surface area contributed by atoms with Gasteiger partial charge in [0.2, 0.25) is 0 Å². The summed E-state index contributed by atoms with van der Waals surface area (Å²) in [5.74, 6) is 0.461. The summed E-state index contributed by atoms with van der Waals surface area (Å²) >= 11 is 0. The van der Waals surface area contributed by atoms with Gasteiger partial charge in [0, 0.05) is 18.5 Å². The number of nitrogens with zero attached hydrogens (tertiary/aromatic N) is 1. The first kappa shape index (κ1) is 16.8. The largest absolute Gasteiger partial charge is 0.493 e. The quantitative estimate of drug-likeness (QED) is 0.799. The number of ether oxygens (including phenoxy) is 2. The summed E-state index contributed by atoms with van der Waals surface area (Å²) in [7, 11) is 0. The van der Waals surface area contributed by atoms with Gasteiger partial charge < -0.3 is 14.4 Å². The van der Waals surface area contributed by atoms with Crippen molar-refractivity contribution in [1.29, 1.82) is 0 Å². The maximum Gasteiger partial charge on any atom is 0.331 e. The fourth-order valence-corrected chi connectivity index (χ4v) is 3.60. The number of likely N-dealkylation sites (tertiary alicyclic amines) is 1. The van der Waals surface area contributed by atoms with Crippen LogP contribution in [-0.2, 0) is 16.0 Å². The molecule has 0 radical (unpaired) electrons. The van der Waals surface area contributed by atoms with Gasteiger partial charge in [0.15, 0.2) is 0 Å². The molecular formula is C19H25NO4. The zero-order valence-corrected chi connectivity index (χ0v) is 14.5. The molecule has 1 saturated heterocycles. The van der Waals surface area contributed by atoms with Crippen LogP contribution in [0.3, 0.4) is 0 Å². The number of hydrogen-bond acceptors (Lipinski definition) is 4. The second-order valence-electron chi connectivity index (χ2n) is 6.68. The van der Waals surface area contributed by atoms with Gasteiger partial charge in [-0.3, -0.25) is 4.79 Å². The van der Waals surface area contributed by atoms with Crippen molar-refractivity contribution in [3.05, 3.63) is 29.3 Å². The summed E-state index contributed by atoms with van der Waals surface area (Å²) < 4.78 is 10.8. The van der Waals surface area contributed by atoms with Crippen molar-refractivity contribution in [2.75, 3.05) is 19.8 Å². The molecule has 1 atom stereocenters. The fraction of sp³-hybridized carbons (Fsp3) is 0.579. The molecule has 1 unspecified atom stereocenters. The average molecular weight is 331 g/mol. The molecule has 1 fully saturated rings. The zero-order valence-electron chi connectivity index (χ0n) is 14.5. The van der Waals surface area contributed by atoms with Crippen LogP contribution in [0.25, 0.3) is 0 Å². The van der Waals surface area contributed by atoms with Gasteiger partial charge >= 0.3 is 5.97 Å². The lowest BCUT2D eigenvalue weighted by Gasteiger charge is -2.38. The van der Waals surface area contributed by atoms with E-state index in [1.54, 1.807) is 17.9 Å². The van der Waals surface area contributed by atoms with Gasteiger partial charge in [-0.05, 0) is 50.5 Å². The van der Waals surface area contributed by atoms with Crippen molar-refractivity contribution in [3.8, 4) is 5.75 Å². The van der Waals surface area contributed by atoms with Gasteiger partial charge in [-0.1, -0.05) is 12.8 Å². The molecular weight excluding hydrogens is 306 g/mol. The molecule has 5 nitrogen and oxygen atoms in total.